The zero-order valence-corrected chi connectivity index (χ0v) is 16.5. The molecule has 0 aliphatic rings. The predicted molar refractivity (Wildman–Crippen MR) is 117 cm³/mol. The Kier molecular flexibility index (Phi) is 5.84. The molecule has 0 radical (unpaired) electrons. The van der Waals surface area contributed by atoms with Crippen LogP contribution in [0.4, 0.5) is 5.69 Å². The molecule has 7 heteroatoms. The number of hydrogen-bond donors (Lipinski definition) is 1. The van der Waals surface area contributed by atoms with Gasteiger partial charge in [-0.05, 0) is 35.4 Å². The van der Waals surface area contributed by atoms with E-state index in [4.69, 9.17) is 4.74 Å². The maximum Gasteiger partial charge on any atom is 0.326 e. The summed E-state index contributed by atoms with van der Waals surface area (Å²) in [5.41, 5.74) is 2.91. The van der Waals surface area contributed by atoms with Gasteiger partial charge in [0.1, 0.15) is 6.54 Å². The van der Waals surface area contributed by atoms with Gasteiger partial charge in [0.2, 0.25) is 0 Å². The number of para-hydroxylation sites is 1. The third kappa shape index (κ3) is 4.84. The molecule has 0 aliphatic carbocycles. The molecule has 3 aromatic carbocycles. The van der Waals surface area contributed by atoms with Crippen LogP contribution in [0.5, 0.6) is 0 Å². The first-order valence-corrected chi connectivity index (χ1v) is 9.65. The quantitative estimate of drug-likeness (QED) is 0.490. The van der Waals surface area contributed by atoms with Crippen LogP contribution in [0.2, 0.25) is 0 Å². The number of anilines is 1. The smallest absolute Gasteiger partial charge is 0.326 e. The molecule has 31 heavy (non-hydrogen) atoms. The second-order valence-corrected chi connectivity index (χ2v) is 6.85. The maximum absolute atomic E-state index is 12.4. The lowest BCUT2D eigenvalue weighted by atomic mass is 10.1. The van der Waals surface area contributed by atoms with Crippen LogP contribution in [-0.2, 0) is 20.9 Å². The molecule has 4 rings (SSSR count). The van der Waals surface area contributed by atoms with Crippen molar-refractivity contribution in [2.75, 3.05) is 11.9 Å². The third-order valence-electron chi connectivity index (χ3n) is 4.67. The number of amides is 1. The Morgan fingerprint density at radius 3 is 2.32 bits per heavy atom. The highest BCUT2D eigenvalue weighted by atomic mass is 16.5. The lowest BCUT2D eigenvalue weighted by Crippen LogP contribution is -2.28. The standard InChI is InChI=1S/C24H19N3O4/c28-22(26-19-12-10-18(11-13-19)17-6-2-1-3-7-17)15-31-23(29)14-27-16-25-21-9-5-4-8-20(21)24(27)30/h1-13,16H,14-15H2,(H,26,28). The van der Waals surface area contributed by atoms with Crippen molar-refractivity contribution in [3.05, 3.63) is 95.5 Å². The number of benzene rings is 3. The number of nitrogens with zero attached hydrogens (tertiary/aromatic N) is 2. The van der Waals surface area contributed by atoms with E-state index < -0.39 is 18.5 Å². The SMILES string of the molecule is O=C(COC(=O)Cn1cnc2ccccc2c1=O)Nc1ccc(-c2ccccc2)cc1. The Morgan fingerprint density at radius 2 is 1.55 bits per heavy atom. The van der Waals surface area contributed by atoms with Crippen LogP contribution in [0.1, 0.15) is 0 Å². The average Bonchev–Trinajstić information content (AvgIpc) is 2.81. The number of fused-ring (bicyclic) bond motifs is 1. The van der Waals surface area contributed by atoms with Crippen molar-refractivity contribution in [2.45, 2.75) is 6.54 Å². The normalized spacial score (nSPS) is 10.6. The number of esters is 1. The van der Waals surface area contributed by atoms with Gasteiger partial charge in [-0.1, -0.05) is 54.6 Å². The summed E-state index contributed by atoms with van der Waals surface area (Å²) in [4.78, 5) is 40.7. The lowest BCUT2D eigenvalue weighted by molar-refractivity contribution is -0.147. The molecule has 1 amide bonds. The van der Waals surface area contributed by atoms with Gasteiger partial charge in [-0.2, -0.15) is 0 Å². The molecule has 0 spiro atoms. The topological polar surface area (TPSA) is 90.3 Å². The minimum Gasteiger partial charge on any atom is -0.454 e. The molecule has 0 atom stereocenters. The van der Waals surface area contributed by atoms with Gasteiger partial charge in [0.25, 0.3) is 11.5 Å². The molecule has 1 N–H and O–H groups in total. The number of hydrogen-bond acceptors (Lipinski definition) is 5. The van der Waals surface area contributed by atoms with Gasteiger partial charge in [0, 0.05) is 5.69 Å². The van der Waals surface area contributed by atoms with Gasteiger partial charge < -0.3 is 10.1 Å². The summed E-state index contributed by atoms with van der Waals surface area (Å²) in [6.45, 7) is -0.773. The van der Waals surface area contributed by atoms with E-state index in [1.807, 2.05) is 42.5 Å². The minimum atomic E-state index is -0.700. The zero-order chi connectivity index (χ0) is 21.6. The molecule has 4 aromatic rings. The molecule has 0 aliphatic heterocycles. The number of carbonyl (C=O) groups excluding carboxylic acids is 2. The van der Waals surface area contributed by atoms with Crippen LogP contribution in [-0.4, -0.2) is 28.0 Å². The first kappa shape index (κ1) is 20.0. The number of nitrogens with one attached hydrogen (secondary N) is 1. The monoisotopic (exact) mass is 413 g/mol. The van der Waals surface area contributed by atoms with Crippen LogP contribution in [0, 0.1) is 0 Å². The van der Waals surface area contributed by atoms with Crippen molar-refractivity contribution in [1.82, 2.24) is 9.55 Å². The summed E-state index contributed by atoms with van der Waals surface area (Å²) < 4.78 is 6.16. The van der Waals surface area contributed by atoms with Crippen LogP contribution < -0.4 is 10.9 Å². The van der Waals surface area contributed by atoms with E-state index in [9.17, 15) is 14.4 Å². The molecule has 0 bridgehead atoms. The molecule has 0 saturated heterocycles. The summed E-state index contributed by atoms with van der Waals surface area (Å²) in [6.07, 6.45) is 1.29. The fourth-order valence-corrected chi connectivity index (χ4v) is 3.12. The van der Waals surface area contributed by atoms with Crippen molar-refractivity contribution >= 4 is 28.5 Å². The molecule has 0 saturated carbocycles. The van der Waals surface area contributed by atoms with Gasteiger partial charge in [-0.25, -0.2) is 4.98 Å². The Balaban J connectivity index is 1.31. The Labute approximate surface area is 177 Å². The summed E-state index contributed by atoms with van der Waals surface area (Å²) in [5.74, 6) is -1.17. The van der Waals surface area contributed by atoms with Gasteiger partial charge >= 0.3 is 5.97 Å². The molecular formula is C24H19N3O4. The van der Waals surface area contributed by atoms with Crippen LogP contribution >= 0.6 is 0 Å². The van der Waals surface area contributed by atoms with E-state index in [1.54, 1.807) is 36.4 Å². The average molecular weight is 413 g/mol. The molecule has 1 heterocycles. The van der Waals surface area contributed by atoms with Crippen LogP contribution in [0.3, 0.4) is 0 Å². The Morgan fingerprint density at radius 1 is 0.871 bits per heavy atom. The highest BCUT2D eigenvalue weighted by Gasteiger charge is 2.11. The summed E-state index contributed by atoms with van der Waals surface area (Å²) in [7, 11) is 0. The van der Waals surface area contributed by atoms with Crippen LogP contribution in [0.25, 0.3) is 22.0 Å². The van der Waals surface area contributed by atoms with E-state index in [0.717, 1.165) is 15.7 Å². The van der Waals surface area contributed by atoms with Gasteiger partial charge in [0.05, 0.1) is 17.2 Å². The van der Waals surface area contributed by atoms with Crippen molar-refractivity contribution in [2.24, 2.45) is 0 Å². The molecule has 154 valence electrons. The van der Waals surface area contributed by atoms with E-state index >= 15 is 0 Å². The lowest BCUT2D eigenvalue weighted by Gasteiger charge is -2.09. The fraction of sp³-hybridized carbons (Fsp3) is 0.0833. The molecular weight excluding hydrogens is 394 g/mol. The summed E-state index contributed by atoms with van der Waals surface area (Å²) >= 11 is 0. The van der Waals surface area contributed by atoms with Crippen LogP contribution in [0.15, 0.2) is 90.0 Å². The van der Waals surface area contributed by atoms with Crippen molar-refractivity contribution in [1.29, 1.82) is 0 Å². The van der Waals surface area contributed by atoms with Crippen molar-refractivity contribution in [3.63, 3.8) is 0 Å². The second kappa shape index (κ2) is 9.04. The molecule has 0 fully saturated rings. The summed E-state index contributed by atoms with van der Waals surface area (Å²) in [5, 5.41) is 3.09. The number of aromatic nitrogens is 2. The van der Waals surface area contributed by atoms with E-state index in [-0.39, 0.29) is 12.1 Å². The predicted octanol–water partition coefficient (Wildman–Crippen LogP) is 3.25. The molecule has 7 nitrogen and oxygen atoms in total. The zero-order valence-electron chi connectivity index (χ0n) is 16.5. The first-order valence-electron chi connectivity index (χ1n) is 9.65. The first-order chi connectivity index (χ1) is 15.1. The Bertz CT molecular complexity index is 1280. The number of rotatable bonds is 6. The van der Waals surface area contributed by atoms with Gasteiger partial charge in [-0.3, -0.25) is 19.0 Å². The summed E-state index contributed by atoms with van der Waals surface area (Å²) in [6, 6.07) is 24.1. The van der Waals surface area contributed by atoms with Gasteiger partial charge in [0.15, 0.2) is 6.61 Å². The molecule has 1 aromatic heterocycles. The van der Waals surface area contributed by atoms with E-state index in [1.165, 1.54) is 6.33 Å². The van der Waals surface area contributed by atoms with Crippen molar-refractivity contribution in [3.8, 4) is 11.1 Å². The number of carbonyl (C=O) groups is 2. The largest absolute Gasteiger partial charge is 0.454 e. The fourth-order valence-electron chi connectivity index (χ4n) is 3.12. The van der Waals surface area contributed by atoms with E-state index in [2.05, 4.69) is 10.3 Å². The van der Waals surface area contributed by atoms with Crippen molar-refractivity contribution < 1.29 is 14.3 Å². The molecule has 0 unspecified atom stereocenters. The highest BCUT2D eigenvalue weighted by Crippen LogP contribution is 2.20. The number of ether oxygens (including phenoxy) is 1. The minimum absolute atomic E-state index is 0.324. The Hall–Kier alpha value is -4.26. The third-order valence-corrected chi connectivity index (χ3v) is 4.67. The highest BCUT2D eigenvalue weighted by molar-refractivity contribution is 5.93. The second-order valence-electron chi connectivity index (χ2n) is 6.85. The maximum atomic E-state index is 12.4. The van der Waals surface area contributed by atoms with Gasteiger partial charge in [-0.15, -0.1) is 0 Å². The van der Waals surface area contributed by atoms with E-state index in [0.29, 0.717) is 16.6 Å².